The fourth-order valence-electron chi connectivity index (χ4n) is 4.28. The highest BCUT2D eigenvalue weighted by Gasteiger charge is 2.46. The molecule has 0 aliphatic heterocycles. The molecule has 3 atom stereocenters. The van der Waals surface area contributed by atoms with Gasteiger partial charge in [0.15, 0.2) is 5.78 Å². The van der Waals surface area contributed by atoms with Crippen LogP contribution in [0.5, 0.6) is 0 Å². The third kappa shape index (κ3) is 1.57. The molecule has 3 aliphatic carbocycles. The summed E-state index contributed by atoms with van der Waals surface area (Å²) < 4.78 is 0. The number of Topliss-reactive ketones (excluding diaryl/α,β-unsaturated/α-hetero) is 1. The number of carbonyl (C=O) groups is 1. The summed E-state index contributed by atoms with van der Waals surface area (Å²) in [5, 5.41) is 0. The Morgan fingerprint density at radius 3 is 2.79 bits per heavy atom. The first-order valence-electron chi connectivity index (χ1n) is 7.35. The first-order valence-corrected chi connectivity index (χ1v) is 7.35. The summed E-state index contributed by atoms with van der Waals surface area (Å²) in [5.41, 5.74) is 3.64. The summed E-state index contributed by atoms with van der Waals surface area (Å²) in [6.07, 6.45) is 9.25. The van der Waals surface area contributed by atoms with Crippen molar-refractivity contribution in [3.8, 4) is 0 Å². The van der Waals surface area contributed by atoms with Crippen LogP contribution in [0, 0.1) is 17.8 Å². The van der Waals surface area contributed by atoms with E-state index in [1.165, 1.54) is 24.8 Å². The third-order valence-corrected chi connectivity index (χ3v) is 5.03. The predicted octanol–water partition coefficient (Wildman–Crippen LogP) is 4.02. The van der Waals surface area contributed by atoms with Crippen LogP contribution in [0.4, 0.5) is 0 Å². The lowest BCUT2D eigenvalue weighted by molar-refractivity contribution is -0.116. The minimum atomic E-state index is 0.143. The van der Waals surface area contributed by atoms with Crippen molar-refractivity contribution in [2.45, 2.75) is 25.7 Å². The van der Waals surface area contributed by atoms with Crippen molar-refractivity contribution < 1.29 is 4.79 Å². The Hall–Kier alpha value is -1.63. The van der Waals surface area contributed by atoms with Gasteiger partial charge in [-0.15, -0.1) is 0 Å². The van der Waals surface area contributed by atoms with E-state index in [0.717, 1.165) is 17.6 Å². The van der Waals surface area contributed by atoms with Gasteiger partial charge in [0.25, 0.3) is 0 Å². The number of ketones is 1. The van der Waals surface area contributed by atoms with Crippen molar-refractivity contribution >= 4 is 11.4 Å². The summed E-state index contributed by atoms with van der Waals surface area (Å²) in [7, 11) is 0. The quantitative estimate of drug-likeness (QED) is 0.688. The maximum Gasteiger partial charge on any atom is 0.170 e. The van der Waals surface area contributed by atoms with Gasteiger partial charge in [0, 0.05) is 11.5 Å². The van der Waals surface area contributed by atoms with Crippen molar-refractivity contribution in [2.24, 2.45) is 17.8 Å². The maximum absolute atomic E-state index is 12.8. The van der Waals surface area contributed by atoms with E-state index in [1.54, 1.807) is 0 Å². The molecule has 0 saturated heterocycles. The standard InChI is InChI=1S/C18H18O/c19-18-15-11-5-9-12-8-4-10-14(16(12)15)17(18)13-6-2-1-3-7-13/h1-3,5-7,11-12,15-16H,4,8-10H2/t12-,15+,16+/m1/s1. The van der Waals surface area contributed by atoms with Gasteiger partial charge in [-0.2, -0.15) is 0 Å². The van der Waals surface area contributed by atoms with E-state index in [1.807, 2.05) is 18.2 Å². The Labute approximate surface area is 114 Å². The molecule has 1 aromatic rings. The van der Waals surface area contributed by atoms with Crippen LogP contribution >= 0.6 is 0 Å². The lowest BCUT2D eigenvalue weighted by atomic mass is 9.68. The lowest BCUT2D eigenvalue weighted by Crippen LogP contribution is -2.29. The van der Waals surface area contributed by atoms with Crippen LogP contribution in [0.15, 0.2) is 48.1 Å². The summed E-state index contributed by atoms with van der Waals surface area (Å²) in [4.78, 5) is 12.8. The van der Waals surface area contributed by atoms with E-state index < -0.39 is 0 Å². The molecule has 19 heavy (non-hydrogen) atoms. The summed E-state index contributed by atoms with van der Waals surface area (Å²) in [6, 6.07) is 10.3. The molecule has 1 aromatic carbocycles. The number of benzene rings is 1. The van der Waals surface area contributed by atoms with Crippen LogP contribution in [-0.2, 0) is 4.79 Å². The van der Waals surface area contributed by atoms with Crippen molar-refractivity contribution in [1.29, 1.82) is 0 Å². The van der Waals surface area contributed by atoms with E-state index >= 15 is 0 Å². The molecule has 0 aromatic heterocycles. The molecule has 0 radical (unpaired) electrons. The predicted molar refractivity (Wildman–Crippen MR) is 76.4 cm³/mol. The molecule has 0 spiro atoms. The third-order valence-electron chi connectivity index (χ3n) is 5.03. The van der Waals surface area contributed by atoms with Crippen molar-refractivity contribution in [3.63, 3.8) is 0 Å². The van der Waals surface area contributed by atoms with Gasteiger partial charge in [0.2, 0.25) is 0 Å². The zero-order chi connectivity index (χ0) is 12.8. The van der Waals surface area contributed by atoms with Crippen LogP contribution in [0.2, 0.25) is 0 Å². The highest BCUT2D eigenvalue weighted by Crippen LogP contribution is 2.52. The molecule has 1 saturated carbocycles. The molecular weight excluding hydrogens is 232 g/mol. The average molecular weight is 250 g/mol. The molecule has 0 bridgehead atoms. The van der Waals surface area contributed by atoms with Crippen LogP contribution in [-0.4, -0.2) is 5.78 Å². The van der Waals surface area contributed by atoms with E-state index in [9.17, 15) is 4.79 Å². The van der Waals surface area contributed by atoms with Gasteiger partial charge in [-0.25, -0.2) is 0 Å². The molecule has 1 heteroatoms. The molecular formula is C18H18O. The first kappa shape index (κ1) is 11.2. The van der Waals surface area contributed by atoms with Gasteiger partial charge in [-0.05, 0) is 43.1 Å². The van der Waals surface area contributed by atoms with Gasteiger partial charge in [-0.1, -0.05) is 48.1 Å². The summed E-state index contributed by atoms with van der Waals surface area (Å²) in [6.45, 7) is 0. The number of hydrogen-bond acceptors (Lipinski definition) is 1. The molecule has 0 N–H and O–H groups in total. The number of allylic oxidation sites excluding steroid dienone is 4. The molecule has 3 aliphatic rings. The largest absolute Gasteiger partial charge is 0.293 e. The lowest BCUT2D eigenvalue weighted by Gasteiger charge is -2.35. The second-order valence-corrected chi connectivity index (χ2v) is 6.00. The van der Waals surface area contributed by atoms with E-state index in [-0.39, 0.29) is 5.92 Å². The van der Waals surface area contributed by atoms with Gasteiger partial charge >= 0.3 is 0 Å². The minimum absolute atomic E-state index is 0.143. The Balaban J connectivity index is 1.88. The highest BCUT2D eigenvalue weighted by atomic mass is 16.1. The van der Waals surface area contributed by atoms with E-state index in [2.05, 4.69) is 24.3 Å². The topological polar surface area (TPSA) is 17.1 Å². The van der Waals surface area contributed by atoms with Crippen molar-refractivity contribution in [3.05, 3.63) is 53.6 Å². The monoisotopic (exact) mass is 250 g/mol. The number of rotatable bonds is 1. The SMILES string of the molecule is O=C1C(c2ccccc2)=C2CCC[C@@H]3CC=C[C@H]1[C@H]23. The second-order valence-electron chi connectivity index (χ2n) is 6.00. The highest BCUT2D eigenvalue weighted by molar-refractivity contribution is 6.25. The minimum Gasteiger partial charge on any atom is -0.293 e. The van der Waals surface area contributed by atoms with E-state index in [0.29, 0.717) is 17.6 Å². The first-order chi connectivity index (χ1) is 9.36. The second kappa shape index (κ2) is 4.19. The number of carbonyl (C=O) groups excluding carboxylic acids is 1. The molecule has 0 unspecified atom stereocenters. The molecule has 0 heterocycles. The Kier molecular flexibility index (Phi) is 2.48. The van der Waals surface area contributed by atoms with Crippen molar-refractivity contribution in [2.75, 3.05) is 0 Å². The fraction of sp³-hybridized carbons (Fsp3) is 0.389. The molecule has 0 amide bonds. The Bertz CT molecular complexity index is 579. The zero-order valence-corrected chi connectivity index (χ0v) is 11.0. The van der Waals surface area contributed by atoms with Crippen LogP contribution in [0.3, 0.4) is 0 Å². The van der Waals surface area contributed by atoms with Crippen LogP contribution < -0.4 is 0 Å². The summed E-state index contributed by atoms with van der Waals surface area (Å²) >= 11 is 0. The molecule has 1 fully saturated rings. The van der Waals surface area contributed by atoms with Crippen LogP contribution in [0.25, 0.3) is 5.57 Å². The van der Waals surface area contributed by atoms with Gasteiger partial charge < -0.3 is 0 Å². The normalized spacial score (nSPS) is 32.6. The van der Waals surface area contributed by atoms with E-state index in [4.69, 9.17) is 0 Å². The van der Waals surface area contributed by atoms with Crippen LogP contribution in [0.1, 0.15) is 31.2 Å². The molecule has 1 nitrogen and oxygen atoms in total. The Morgan fingerprint density at radius 1 is 1.11 bits per heavy atom. The van der Waals surface area contributed by atoms with Gasteiger partial charge in [0.05, 0.1) is 0 Å². The van der Waals surface area contributed by atoms with Crippen molar-refractivity contribution in [1.82, 2.24) is 0 Å². The molecule has 4 rings (SSSR count). The average Bonchev–Trinajstić information content (AvgIpc) is 2.76. The van der Waals surface area contributed by atoms with Gasteiger partial charge in [-0.3, -0.25) is 4.79 Å². The molecule has 96 valence electrons. The summed E-state index contributed by atoms with van der Waals surface area (Å²) in [5.74, 6) is 1.74. The zero-order valence-electron chi connectivity index (χ0n) is 11.0. The smallest absolute Gasteiger partial charge is 0.170 e. The Morgan fingerprint density at radius 2 is 1.95 bits per heavy atom. The maximum atomic E-state index is 12.8. The van der Waals surface area contributed by atoms with Gasteiger partial charge in [0.1, 0.15) is 0 Å². The fourth-order valence-corrected chi connectivity index (χ4v) is 4.28. The number of hydrogen-bond donors (Lipinski definition) is 0.